The van der Waals surface area contributed by atoms with Gasteiger partial charge < -0.3 is 24.8 Å². The molecular weight excluding hydrogens is 492 g/mol. The molecule has 0 aliphatic carbocycles. The molecule has 1 heterocycles. The second-order valence-electron chi connectivity index (χ2n) is 8.51. The van der Waals surface area contributed by atoms with Gasteiger partial charge in [-0.3, -0.25) is 9.59 Å². The minimum absolute atomic E-state index is 0.0546. The Bertz CT molecular complexity index is 1190. The van der Waals surface area contributed by atoms with Crippen LogP contribution in [0.25, 0.3) is 0 Å². The lowest BCUT2D eigenvalue weighted by atomic mass is 10.1. The Kier molecular flexibility index (Phi) is 9.18. The molecule has 2 N–H and O–H groups in total. The van der Waals surface area contributed by atoms with E-state index in [1.54, 1.807) is 24.3 Å². The fourth-order valence-electron chi connectivity index (χ4n) is 3.82. The summed E-state index contributed by atoms with van der Waals surface area (Å²) in [4.78, 5) is 37.4. The van der Waals surface area contributed by atoms with Crippen LogP contribution in [0.5, 0.6) is 5.75 Å². The molecule has 2 unspecified atom stereocenters. The molecule has 2 amide bonds. The molecule has 1 aliphatic rings. The van der Waals surface area contributed by atoms with Gasteiger partial charge in [0.1, 0.15) is 25.0 Å². The van der Waals surface area contributed by atoms with Gasteiger partial charge in [0.2, 0.25) is 5.12 Å². The normalized spacial score (nSPS) is 15.6. The summed E-state index contributed by atoms with van der Waals surface area (Å²) in [5.74, 6) is 0.598. The number of hydrogen-bond acceptors (Lipinski definition) is 7. The van der Waals surface area contributed by atoms with Gasteiger partial charge in [0.25, 0.3) is 5.24 Å². The number of nitrogens with zero attached hydrogens (tertiary/aromatic N) is 1. The van der Waals surface area contributed by atoms with E-state index in [4.69, 9.17) is 9.47 Å². The first-order chi connectivity index (χ1) is 18.0. The van der Waals surface area contributed by atoms with Crippen LogP contribution in [0.1, 0.15) is 22.8 Å². The fraction of sp³-hybridized carbons (Fsp3) is 0.250. The molecule has 0 saturated carbocycles. The molecule has 192 valence electrons. The van der Waals surface area contributed by atoms with Crippen LogP contribution in [0, 0.1) is 0 Å². The minimum atomic E-state index is -0.873. The molecular formula is C28H28N2O6S. The number of ether oxygens (including phenoxy) is 2. The average molecular weight is 521 g/mol. The quantitative estimate of drug-likeness (QED) is 0.388. The third-order valence-corrected chi connectivity index (χ3v) is 6.59. The first-order valence-electron chi connectivity index (χ1n) is 11.9. The third-order valence-electron chi connectivity index (χ3n) is 5.80. The number of aliphatic hydroxyl groups excluding tert-OH is 1. The fourth-order valence-corrected chi connectivity index (χ4v) is 4.48. The predicted molar refractivity (Wildman–Crippen MR) is 140 cm³/mol. The molecule has 3 aromatic rings. The van der Waals surface area contributed by atoms with E-state index in [1.165, 1.54) is 4.90 Å². The standard InChI is InChI=1S/C28H28N2O6S/c31-25(22-9-5-2-6-10-22)18-30(28(34)36-19-21-7-3-1-4-8-21)15-16-35-23-13-11-20(12-14-23)17-24-26(32)37-27(33)29-24/h1-14,24-25,31H,15-19H2,(H,29,33). The van der Waals surface area contributed by atoms with Crippen LogP contribution in [-0.2, 0) is 22.6 Å². The van der Waals surface area contributed by atoms with Crippen molar-refractivity contribution in [2.45, 2.75) is 25.2 Å². The van der Waals surface area contributed by atoms with Crippen molar-refractivity contribution in [2.75, 3.05) is 19.7 Å². The van der Waals surface area contributed by atoms with E-state index in [2.05, 4.69) is 5.32 Å². The highest BCUT2D eigenvalue weighted by molar-refractivity contribution is 8.26. The first-order valence-corrected chi connectivity index (χ1v) is 12.7. The molecule has 37 heavy (non-hydrogen) atoms. The molecule has 0 aromatic heterocycles. The summed E-state index contributed by atoms with van der Waals surface area (Å²) in [6, 6.07) is 25.2. The number of thioether (sulfide) groups is 1. The van der Waals surface area contributed by atoms with Crippen molar-refractivity contribution in [2.24, 2.45) is 0 Å². The number of carbonyl (C=O) groups is 3. The Morgan fingerprint density at radius 1 is 0.946 bits per heavy atom. The van der Waals surface area contributed by atoms with Crippen LogP contribution in [-0.4, -0.2) is 52.2 Å². The van der Waals surface area contributed by atoms with Crippen LogP contribution >= 0.6 is 11.8 Å². The minimum Gasteiger partial charge on any atom is -0.492 e. The summed E-state index contributed by atoms with van der Waals surface area (Å²) in [6.07, 6.45) is -1.00. The molecule has 1 fully saturated rings. The van der Waals surface area contributed by atoms with Crippen LogP contribution in [0.3, 0.4) is 0 Å². The maximum Gasteiger partial charge on any atom is 0.410 e. The number of nitrogens with one attached hydrogen (secondary N) is 1. The van der Waals surface area contributed by atoms with Crippen molar-refractivity contribution in [3.63, 3.8) is 0 Å². The molecule has 2 atom stereocenters. The van der Waals surface area contributed by atoms with E-state index >= 15 is 0 Å². The summed E-state index contributed by atoms with van der Waals surface area (Å²) in [5, 5.41) is 12.8. The molecule has 3 aromatic carbocycles. The van der Waals surface area contributed by atoms with E-state index in [-0.39, 0.29) is 36.7 Å². The largest absolute Gasteiger partial charge is 0.492 e. The van der Waals surface area contributed by atoms with Crippen LogP contribution in [0.4, 0.5) is 9.59 Å². The Hall–Kier alpha value is -3.82. The van der Waals surface area contributed by atoms with Gasteiger partial charge >= 0.3 is 6.09 Å². The number of amides is 2. The second kappa shape index (κ2) is 12.9. The lowest BCUT2D eigenvalue weighted by Crippen LogP contribution is -2.38. The summed E-state index contributed by atoms with van der Waals surface area (Å²) in [5.41, 5.74) is 2.47. The Morgan fingerprint density at radius 3 is 2.27 bits per heavy atom. The average Bonchev–Trinajstić information content (AvgIpc) is 3.24. The molecule has 9 heteroatoms. The SMILES string of the molecule is O=C1NC(Cc2ccc(OCCN(CC(O)c3ccccc3)C(=O)OCc3ccccc3)cc2)C(=O)S1. The highest BCUT2D eigenvalue weighted by Crippen LogP contribution is 2.21. The third kappa shape index (κ3) is 7.83. The number of aliphatic hydroxyl groups is 1. The Labute approximate surface area is 219 Å². The number of hydrogen-bond donors (Lipinski definition) is 2. The Morgan fingerprint density at radius 2 is 1.62 bits per heavy atom. The maximum absolute atomic E-state index is 12.9. The van der Waals surface area contributed by atoms with Gasteiger partial charge in [-0.15, -0.1) is 0 Å². The van der Waals surface area contributed by atoms with Crippen molar-refractivity contribution in [3.8, 4) is 5.75 Å². The summed E-state index contributed by atoms with van der Waals surface area (Å²) in [7, 11) is 0. The molecule has 0 radical (unpaired) electrons. The van der Waals surface area contributed by atoms with Crippen molar-refractivity contribution in [1.29, 1.82) is 0 Å². The van der Waals surface area contributed by atoms with Crippen molar-refractivity contribution >= 4 is 28.2 Å². The summed E-state index contributed by atoms with van der Waals surface area (Å²) < 4.78 is 11.3. The smallest absolute Gasteiger partial charge is 0.410 e. The lowest BCUT2D eigenvalue weighted by Gasteiger charge is -2.25. The number of benzene rings is 3. The van der Waals surface area contributed by atoms with Crippen molar-refractivity contribution < 1.29 is 29.0 Å². The van der Waals surface area contributed by atoms with Crippen molar-refractivity contribution in [3.05, 3.63) is 102 Å². The van der Waals surface area contributed by atoms with Crippen LogP contribution in [0.2, 0.25) is 0 Å². The lowest BCUT2D eigenvalue weighted by molar-refractivity contribution is -0.112. The monoisotopic (exact) mass is 520 g/mol. The molecule has 0 spiro atoms. The summed E-state index contributed by atoms with van der Waals surface area (Å²) in [6.45, 7) is 0.579. The van der Waals surface area contributed by atoms with Gasteiger partial charge in [-0.2, -0.15) is 0 Å². The number of carbonyl (C=O) groups excluding carboxylic acids is 3. The van der Waals surface area contributed by atoms with Gasteiger partial charge in [-0.05, 0) is 28.8 Å². The zero-order chi connectivity index (χ0) is 26.0. The highest BCUT2D eigenvalue weighted by Gasteiger charge is 2.31. The Balaban J connectivity index is 1.32. The zero-order valence-corrected chi connectivity index (χ0v) is 20.9. The van der Waals surface area contributed by atoms with Gasteiger partial charge in [-0.25, -0.2) is 4.79 Å². The van der Waals surface area contributed by atoms with E-state index in [0.717, 1.165) is 11.1 Å². The van der Waals surface area contributed by atoms with E-state index in [9.17, 15) is 19.5 Å². The van der Waals surface area contributed by atoms with E-state index in [0.29, 0.717) is 29.5 Å². The zero-order valence-electron chi connectivity index (χ0n) is 20.1. The molecule has 0 bridgehead atoms. The van der Waals surface area contributed by atoms with Crippen LogP contribution < -0.4 is 10.1 Å². The highest BCUT2D eigenvalue weighted by atomic mass is 32.2. The van der Waals surface area contributed by atoms with Gasteiger partial charge in [0.05, 0.1) is 19.2 Å². The first kappa shape index (κ1) is 26.2. The molecule has 8 nitrogen and oxygen atoms in total. The van der Waals surface area contributed by atoms with Gasteiger partial charge in [0.15, 0.2) is 0 Å². The second-order valence-corrected chi connectivity index (χ2v) is 9.49. The molecule has 1 aliphatic heterocycles. The molecule has 4 rings (SSSR count). The number of rotatable bonds is 11. The topological polar surface area (TPSA) is 105 Å². The van der Waals surface area contributed by atoms with Gasteiger partial charge in [-0.1, -0.05) is 72.8 Å². The van der Waals surface area contributed by atoms with E-state index < -0.39 is 18.2 Å². The van der Waals surface area contributed by atoms with E-state index in [1.807, 2.05) is 60.7 Å². The van der Waals surface area contributed by atoms with Gasteiger partial charge in [0, 0.05) is 18.2 Å². The molecule has 1 saturated heterocycles. The summed E-state index contributed by atoms with van der Waals surface area (Å²) >= 11 is 0.698. The van der Waals surface area contributed by atoms with Crippen LogP contribution in [0.15, 0.2) is 84.9 Å². The van der Waals surface area contributed by atoms with Crippen molar-refractivity contribution in [1.82, 2.24) is 10.2 Å². The predicted octanol–water partition coefficient (Wildman–Crippen LogP) is 4.33. The maximum atomic E-state index is 12.9.